The molecule has 0 saturated heterocycles. The first-order valence-electron chi connectivity index (χ1n) is 9.09. The van der Waals surface area contributed by atoms with Gasteiger partial charge < -0.3 is 18.6 Å². The number of hydrogen-bond acceptors (Lipinski definition) is 7. The van der Waals surface area contributed by atoms with Crippen LogP contribution in [0.1, 0.15) is 23.0 Å². The number of halogens is 2. The van der Waals surface area contributed by atoms with Gasteiger partial charge in [-0.3, -0.25) is 4.79 Å². The van der Waals surface area contributed by atoms with Crippen LogP contribution < -0.4 is 14.9 Å². The highest BCUT2D eigenvalue weighted by molar-refractivity contribution is 14.1. The maximum absolute atomic E-state index is 12.4. The van der Waals surface area contributed by atoms with Crippen molar-refractivity contribution < 1.29 is 28.2 Å². The van der Waals surface area contributed by atoms with E-state index in [4.69, 9.17) is 13.9 Å². The standard InChI is InChI=1S/C21H18BrIN2O6/c1-3-29-14-4-5-17-13(8-14)9-18(31-17)21(27)25-24-10-12-6-15(22)20(16(23)7-12)30-11-19(26)28-2/h4-10H,3,11H2,1-2H3,(H,25,27)/b24-10+. The van der Waals surface area contributed by atoms with E-state index in [1.54, 1.807) is 30.3 Å². The molecular formula is C21H18BrIN2O6. The third-order valence-corrected chi connectivity index (χ3v) is 5.38. The highest BCUT2D eigenvalue weighted by Crippen LogP contribution is 2.31. The summed E-state index contributed by atoms with van der Waals surface area (Å²) in [5.74, 6) is 0.414. The van der Waals surface area contributed by atoms with E-state index in [2.05, 4.69) is 53.8 Å². The number of methoxy groups -OCH3 is 1. The van der Waals surface area contributed by atoms with Crippen LogP contribution in [0.25, 0.3) is 11.0 Å². The van der Waals surface area contributed by atoms with Crippen molar-refractivity contribution >= 4 is 67.6 Å². The summed E-state index contributed by atoms with van der Waals surface area (Å²) < 4.78 is 22.4. The molecule has 0 bridgehead atoms. The Kier molecular flexibility index (Phi) is 7.91. The molecule has 0 spiro atoms. The molecule has 0 fully saturated rings. The monoisotopic (exact) mass is 600 g/mol. The van der Waals surface area contributed by atoms with Gasteiger partial charge in [-0.15, -0.1) is 0 Å². The van der Waals surface area contributed by atoms with Crippen molar-refractivity contribution in [1.29, 1.82) is 0 Å². The number of carbonyl (C=O) groups excluding carboxylic acids is 2. The van der Waals surface area contributed by atoms with Gasteiger partial charge in [0.2, 0.25) is 0 Å². The number of hydrazone groups is 1. The SMILES string of the molecule is CCOc1ccc2oc(C(=O)N/N=C/c3cc(Br)c(OCC(=O)OC)c(I)c3)cc2c1. The summed E-state index contributed by atoms with van der Waals surface area (Å²) in [4.78, 5) is 23.6. The van der Waals surface area contributed by atoms with E-state index in [1.165, 1.54) is 13.3 Å². The maximum Gasteiger partial charge on any atom is 0.343 e. The minimum atomic E-state index is -0.476. The number of amides is 1. The lowest BCUT2D eigenvalue weighted by Gasteiger charge is -2.10. The molecule has 0 atom stereocenters. The van der Waals surface area contributed by atoms with E-state index in [0.717, 1.165) is 8.96 Å². The van der Waals surface area contributed by atoms with Crippen LogP contribution in [0.3, 0.4) is 0 Å². The molecule has 162 valence electrons. The van der Waals surface area contributed by atoms with Crippen LogP contribution in [-0.2, 0) is 9.53 Å². The fourth-order valence-electron chi connectivity index (χ4n) is 2.59. The molecule has 8 nitrogen and oxygen atoms in total. The zero-order valence-corrected chi connectivity index (χ0v) is 20.4. The second-order valence-electron chi connectivity index (χ2n) is 6.12. The minimum Gasteiger partial charge on any atom is -0.494 e. The number of hydrogen-bond donors (Lipinski definition) is 1. The highest BCUT2D eigenvalue weighted by Gasteiger charge is 2.13. The van der Waals surface area contributed by atoms with Gasteiger partial charge in [0, 0.05) is 5.39 Å². The van der Waals surface area contributed by atoms with Crippen LogP contribution in [0.4, 0.5) is 0 Å². The average Bonchev–Trinajstić information content (AvgIpc) is 3.16. The second-order valence-corrected chi connectivity index (χ2v) is 8.14. The Morgan fingerprint density at radius 1 is 1.23 bits per heavy atom. The van der Waals surface area contributed by atoms with Crippen LogP contribution in [0.2, 0.25) is 0 Å². The molecule has 1 aromatic heterocycles. The topological polar surface area (TPSA) is 99.4 Å². The van der Waals surface area contributed by atoms with Crippen LogP contribution in [0.15, 0.2) is 50.4 Å². The quantitative estimate of drug-likeness (QED) is 0.177. The van der Waals surface area contributed by atoms with Crippen molar-refractivity contribution in [3.8, 4) is 11.5 Å². The molecule has 0 aliphatic carbocycles. The van der Waals surface area contributed by atoms with Crippen molar-refractivity contribution in [2.24, 2.45) is 5.10 Å². The zero-order valence-electron chi connectivity index (χ0n) is 16.6. The number of nitrogens with one attached hydrogen (secondary N) is 1. The third kappa shape index (κ3) is 5.97. The van der Waals surface area contributed by atoms with Gasteiger partial charge >= 0.3 is 11.9 Å². The number of rotatable bonds is 8. The summed E-state index contributed by atoms with van der Waals surface area (Å²) in [6.45, 7) is 2.26. The van der Waals surface area contributed by atoms with Gasteiger partial charge in [0.15, 0.2) is 12.4 Å². The lowest BCUT2D eigenvalue weighted by molar-refractivity contribution is -0.142. The average molecular weight is 601 g/mol. The van der Waals surface area contributed by atoms with E-state index >= 15 is 0 Å². The molecule has 31 heavy (non-hydrogen) atoms. The van der Waals surface area contributed by atoms with Gasteiger partial charge in [0.25, 0.3) is 0 Å². The Bertz CT molecular complexity index is 1120. The first-order chi connectivity index (χ1) is 14.9. The first kappa shape index (κ1) is 23.1. The van der Waals surface area contributed by atoms with Gasteiger partial charge in [0.05, 0.1) is 28.0 Å². The van der Waals surface area contributed by atoms with Crippen molar-refractivity contribution in [2.75, 3.05) is 20.3 Å². The number of fused-ring (bicyclic) bond motifs is 1. The van der Waals surface area contributed by atoms with Gasteiger partial charge in [-0.25, -0.2) is 10.2 Å². The molecule has 0 aliphatic rings. The second kappa shape index (κ2) is 10.6. The fraction of sp³-hybridized carbons (Fsp3) is 0.190. The zero-order chi connectivity index (χ0) is 22.4. The van der Waals surface area contributed by atoms with Crippen molar-refractivity contribution in [3.63, 3.8) is 0 Å². The molecule has 0 saturated carbocycles. The van der Waals surface area contributed by atoms with E-state index in [-0.39, 0.29) is 12.4 Å². The fourth-order valence-corrected chi connectivity index (χ4v) is 4.36. The molecule has 10 heteroatoms. The Labute approximate surface area is 200 Å². The molecule has 3 aromatic rings. The molecule has 0 unspecified atom stereocenters. The van der Waals surface area contributed by atoms with E-state index in [0.29, 0.717) is 33.7 Å². The van der Waals surface area contributed by atoms with Gasteiger partial charge in [-0.2, -0.15) is 5.10 Å². The van der Waals surface area contributed by atoms with E-state index in [9.17, 15) is 9.59 Å². The van der Waals surface area contributed by atoms with Crippen molar-refractivity contribution in [1.82, 2.24) is 5.43 Å². The Morgan fingerprint density at radius 3 is 2.74 bits per heavy atom. The van der Waals surface area contributed by atoms with Gasteiger partial charge in [-0.1, -0.05) is 0 Å². The summed E-state index contributed by atoms with van der Waals surface area (Å²) in [5.41, 5.74) is 3.74. The number of ether oxygens (including phenoxy) is 3. The van der Waals surface area contributed by atoms with E-state index in [1.807, 2.05) is 13.0 Å². The Morgan fingerprint density at radius 2 is 2.03 bits per heavy atom. The molecule has 2 aromatic carbocycles. The molecule has 1 heterocycles. The summed E-state index contributed by atoms with van der Waals surface area (Å²) in [7, 11) is 1.29. The minimum absolute atomic E-state index is 0.142. The first-order valence-corrected chi connectivity index (χ1v) is 11.0. The number of esters is 1. The van der Waals surface area contributed by atoms with Crippen LogP contribution in [-0.4, -0.2) is 38.4 Å². The van der Waals surface area contributed by atoms with Gasteiger partial charge in [0.1, 0.15) is 17.1 Å². The van der Waals surface area contributed by atoms with Crippen LogP contribution in [0, 0.1) is 3.57 Å². The number of furan rings is 1. The smallest absolute Gasteiger partial charge is 0.343 e. The molecule has 0 aliphatic heterocycles. The Balaban J connectivity index is 1.66. The van der Waals surface area contributed by atoms with E-state index < -0.39 is 11.9 Å². The van der Waals surface area contributed by atoms with Gasteiger partial charge in [-0.05, 0) is 87.4 Å². The third-order valence-electron chi connectivity index (χ3n) is 3.98. The molecule has 1 amide bonds. The predicted molar refractivity (Wildman–Crippen MR) is 127 cm³/mol. The molecule has 1 N–H and O–H groups in total. The highest BCUT2D eigenvalue weighted by atomic mass is 127. The van der Waals surface area contributed by atoms with Crippen molar-refractivity contribution in [3.05, 3.63) is 55.8 Å². The predicted octanol–water partition coefficient (Wildman–Crippen LogP) is 4.51. The van der Waals surface area contributed by atoms with Crippen LogP contribution >= 0.6 is 38.5 Å². The molecule has 0 radical (unpaired) electrons. The lowest BCUT2D eigenvalue weighted by Crippen LogP contribution is -2.16. The lowest BCUT2D eigenvalue weighted by atomic mass is 10.2. The van der Waals surface area contributed by atoms with Crippen molar-refractivity contribution in [2.45, 2.75) is 6.92 Å². The normalized spacial score (nSPS) is 11.0. The number of nitrogens with zero attached hydrogens (tertiary/aromatic N) is 1. The Hall–Kier alpha value is -2.60. The number of benzene rings is 2. The summed E-state index contributed by atoms with van der Waals surface area (Å²) in [6.07, 6.45) is 1.49. The maximum atomic E-state index is 12.4. The largest absolute Gasteiger partial charge is 0.494 e. The summed E-state index contributed by atoms with van der Waals surface area (Å²) >= 11 is 5.49. The molecular weight excluding hydrogens is 583 g/mol. The molecule has 3 rings (SSSR count). The van der Waals surface area contributed by atoms with Crippen LogP contribution in [0.5, 0.6) is 11.5 Å². The number of carbonyl (C=O) groups is 2. The summed E-state index contributed by atoms with van der Waals surface area (Å²) in [6, 6.07) is 10.5. The summed E-state index contributed by atoms with van der Waals surface area (Å²) in [5, 5.41) is 4.75.